The van der Waals surface area contributed by atoms with Crippen LogP contribution in [0.3, 0.4) is 0 Å². The van der Waals surface area contributed by atoms with Crippen molar-refractivity contribution in [3.8, 4) is 28.4 Å². The largest absolute Gasteiger partial charge is 0.489 e. The fourth-order valence-electron chi connectivity index (χ4n) is 4.78. The van der Waals surface area contributed by atoms with E-state index >= 15 is 0 Å². The van der Waals surface area contributed by atoms with E-state index in [-0.39, 0.29) is 0 Å². The Labute approximate surface area is 235 Å². The number of likely N-dealkylation sites (tertiary alicyclic amines) is 1. The van der Waals surface area contributed by atoms with Gasteiger partial charge in [-0.1, -0.05) is 26.0 Å². The number of rotatable bonds is 9. The van der Waals surface area contributed by atoms with Crippen LogP contribution in [-0.2, 0) is 13.2 Å². The molecular weight excluding hydrogens is 504 g/mol. The number of nitrogens with two attached hydrogens (primary N) is 2. The second kappa shape index (κ2) is 12.7. The van der Waals surface area contributed by atoms with Crippen LogP contribution >= 0.6 is 0 Å². The van der Waals surface area contributed by atoms with E-state index in [1.165, 1.54) is 0 Å². The van der Waals surface area contributed by atoms with Gasteiger partial charge in [-0.25, -0.2) is 9.97 Å². The SMILES string of the molecule is CC.Cc1cc(OCc2cnc(C)nc2)cc(Oc2ccc(-c3cn(CC4CN(C)C4)c(N)c3C(N)=O)cc2)c1. The van der Waals surface area contributed by atoms with Gasteiger partial charge >= 0.3 is 0 Å². The Morgan fingerprint density at radius 3 is 2.27 bits per heavy atom. The van der Waals surface area contributed by atoms with Crippen LogP contribution in [0.4, 0.5) is 5.82 Å². The first-order valence-electron chi connectivity index (χ1n) is 13.5. The lowest BCUT2D eigenvalue weighted by molar-refractivity contribution is 0.100. The summed E-state index contributed by atoms with van der Waals surface area (Å²) in [7, 11) is 2.09. The van der Waals surface area contributed by atoms with Crippen molar-refractivity contribution >= 4 is 11.7 Å². The van der Waals surface area contributed by atoms with E-state index < -0.39 is 5.91 Å². The Morgan fingerprint density at radius 2 is 1.65 bits per heavy atom. The minimum atomic E-state index is -0.535. The third kappa shape index (κ3) is 6.79. The number of hydrogen-bond donors (Lipinski definition) is 2. The molecule has 2 aromatic carbocycles. The number of aromatic nitrogens is 3. The van der Waals surface area contributed by atoms with Gasteiger partial charge in [0.05, 0.1) is 5.56 Å². The normalized spacial score (nSPS) is 13.2. The lowest BCUT2D eigenvalue weighted by Crippen LogP contribution is -2.45. The third-order valence-electron chi connectivity index (χ3n) is 6.63. The highest BCUT2D eigenvalue weighted by atomic mass is 16.5. The number of carbonyl (C=O) groups is 1. The van der Waals surface area contributed by atoms with Crippen LogP contribution < -0.4 is 20.9 Å². The van der Waals surface area contributed by atoms with Crippen molar-refractivity contribution in [1.29, 1.82) is 0 Å². The average Bonchev–Trinajstić information content (AvgIpc) is 3.25. The van der Waals surface area contributed by atoms with Gasteiger partial charge < -0.3 is 30.4 Å². The van der Waals surface area contributed by atoms with Gasteiger partial charge in [-0.3, -0.25) is 4.79 Å². The summed E-state index contributed by atoms with van der Waals surface area (Å²) in [5, 5.41) is 0. The molecule has 210 valence electrons. The lowest BCUT2D eigenvalue weighted by Gasteiger charge is -2.36. The predicted octanol–water partition coefficient (Wildman–Crippen LogP) is 5.20. The molecule has 1 fully saturated rings. The fraction of sp³-hybridized carbons (Fsp3) is 0.323. The van der Waals surface area contributed by atoms with Crippen LogP contribution in [0, 0.1) is 19.8 Å². The van der Waals surface area contributed by atoms with Crippen molar-refractivity contribution in [1.82, 2.24) is 19.4 Å². The minimum Gasteiger partial charge on any atom is -0.489 e. The smallest absolute Gasteiger partial charge is 0.253 e. The molecule has 0 saturated carbocycles. The molecular formula is C31H38N6O3. The van der Waals surface area contributed by atoms with Crippen molar-refractivity contribution in [3.05, 3.63) is 83.6 Å². The average molecular weight is 543 g/mol. The highest BCUT2D eigenvalue weighted by molar-refractivity contribution is 6.04. The summed E-state index contributed by atoms with van der Waals surface area (Å²) < 4.78 is 14.0. The second-order valence-corrected chi connectivity index (χ2v) is 9.94. The summed E-state index contributed by atoms with van der Waals surface area (Å²) in [5.74, 6) is 3.11. The first kappa shape index (κ1) is 28.6. The third-order valence-corrected chi connectivity index (χ3v) is 6.63. The molecule has 1 amide bonds. The van der Waals surface area contributed by atoms with Crippen molar-refractivity contribution in [2.45, 2.75) is 40.8 Å². The minimum absolute atomic E-state index is 0.353. The molecule has 2 aromatic heterocycles. The van der Waals surface area contributed by atoms with E-state index in [9.17, 15) is 4.79 Å². The number of nitrogen functional groups attached to an aromatic ring is 1. The molecule has 9 nitrogen and oxygen atoms in total. The quantitative estimate of drug-likeness (QED) is 0.298. The number of ether oxygens (including phenoxy) is 2. The second-order valence-electron chi connectivity index (χ2n) is 9.94. The monoisotopic (exact) mass is 542 g/mol. The van der Waals surface area contributed by atoms with Crippen LogP contribution in [0.5, 0.6) is 17.2 Å². The lowest BCUT2D eigenvalue weighted by atomic mass is 10.0. The van der Waals surface area contributed by atoms with Crippen LogP contribution in [0.1, 0.15) is 41.2 Å². The van der Waals surface area contributed by atoms with E-state index in [1.807, 2.05) is 80.9 Å². The topological polar surface area (TPSA) is 122 Å². The van der Waals surface area contributed by atoms with E-state index in [0.29, 0.717) is 41.2 Å². The van der Waals surface area contributed by atoms with Gasteiger partial charge in [0.25, 0.3) is 5.91 Å². The van der Waals surface area contributed by atoms with Crippen molar-refractivity contribution in [2.75, 3.05) is 25.9 Å². The molecule has 0 bridgehead atoms. The highest BCUT2D eigenvalue weighted by Crippen LogP contribution is 2.34. The summed E-state index contributed by atoms with van der Waals surface area (Å²) >= 11 is 0. The van der Waals surface area contributed by atoms with E-state index in [2.05, 4.69) is 21.9 Å². The van der Waals surface area contributed by atoms with Gasteiger partial charge in [0.15, 0.2) is 0 Å². The molecule has 1 aliphatic rings. The van der Waals surface area contributed by atoms with Gasteiger partial charge in [0.1, 0.15) is 35.5 Å². The molecule has 4 N–H and O–H groups in total. The summed E-state index contributed by atoms with van der Waals surface area (Å²) in [4.78, 5) is 22.9. The number of hydrogen-bond acceptors (Lipinski definition) is 7. The molecule has 0 radical (unpaired) electrons. The Morgan fingerprint density at radius 1 is 1.00 bits per heavy atom. The van der Waals surface area contributed by atoms with Gasteiger partial charge in [0.2, 0.25) is 0 Å². The van der Waals surface area contributed by atoms with E-state index in [4.69, 9.17) is 20.9 Å². The summed E-state index contributed by atoms with van der Waals surface area (Å²) in [6, 6.07) is 13.3. The first-order chi connectivity index (χ1) is 19.2. The number of nitrogens with zero attached hydrogens (tertiary/aromatic N) is 4. The van der Waals surface area contributed by atoms with E-state index in [0.717, 1.165) is 47.7 Å². The van der Waals surface area contributed by atoms with Crippen LogP contribution in [0.2, 0.25) is 0 Å². The molecule has 1 aliphatic heterocycles. The number of benzene rings is 2. The fourth-order valence-corrected chi connectivity index (χ4v) is 4.78. The number of primary amides is 1. The Hall–Kier alpha value is -4.37. The molecule has 0 unspecified atom stereocenters. The summed E-state index contributed by atoms with van der Waals surface area (Å²) in [6.45, 7) is 11.0. The van der Waals surface area contributed by atoms with Crippen LogP contribution in [0.25, 0.3) is 11.1 Å². The van der Waals surface area contributed by atoms with Crippen LogP contribution in [0.15, 0.2) is 61.1 Å². The number of anilines is 1. The molecule has 0 aliphatic carbocycles. The number of amides is 1. The van der Waals surface area contributed by atoms with E-state index in [1.54, 1.807) is 12.4 Å². The van der Waals surface area contributed by atoms with Crippen molar-refractivity contribution in [3.63, 3.8) is 0 Å². The number of carbonyl (C=O) groups excluding carboxylic acids is 1. The van der Waals surface area contributed by atoms with Gasteiger partial charge in [0, 0.05) is 61.3 Å². The Bertz CT molecular complexity index is 1440. The molecule has 4 aromatic rings. The van der Waals surface area contributed by atoms with Crippen LogP contribution in [-0.4, -0.2) is 45.5 Å². The van der Waals surface area contributed by atoms with Gasteiger partial charge in [-0.05, 0) is 56.3 Å². The van der Waals surface area contributed by atoms with Gasteiger partial charge in [-0.2, -0.15) is 0 Å². The zero-order valence-electron chi connectivity index (χ0n) is 23.8. The highest BCUT2D eigenvalue weighted by Gasteiger charge is 2.26. The predicted molar refractivity (Wildman–Crippen MR) is 157 cm³/mol. The molecule has 9 heteroatoms. The maximum absolute atomic E-state index is 12.3. The van der Waals surface area contributed by atoms with Crippen molar-refractivity contribution < 1.29 is 14.3 Å². The molecule has 0 atom stereocenters. The molecule has 5 rings (SSSR count). The maximum Gasteiger partial charge on any atom is 0.253 e. The Balaban J connectivity index is 0.00000181. The van der Waals surface area contributed by atoms with Gasteiger partial charge in [-0.15, -0.1) is 0 Å². The summed E-state index contributed by atoms with van der Waals surface area (Å²) in [5.41, 5.74) is 15.9. The maximum atomic E-state index is 12.3. The molecule has 3 heterocycles. The Kier molecular flexibility index (Phi) is 9.06. The first-order valence-corrected chi connectivity index (χ1v) is 13.5. The molecule has 1 saturated heterocycles. The summed E-state index contributed by atoms with van der Waals surface area (Å²) in [6.07, 6.45) is 5.44. The molecule has 0 spiro atoms. The molecule has 40 heavy (non-hydrogen) atoms. The zero-order valence-corrected chi connectivity index (χ0v) is 23.8. The standard InChI is InChI=1S/C29H32N6O3.C2H6/c1-18-8-24(37-17-20-11-32-19(2)33-12-20)10-25(9-18)38-23-6-4-22(5-7-23)26-16-35(15-21-13-34(3)14-21)28(30)27(26)29(31)36;1-2/h4-12,16,21H,13-15,17,30H2,1-3H3,(H2,31,36);1-2H3. The number of aryl methyl sites for hydroxylation is 2. The zero-order chi connectivity index (χ0) is 28.8. The van der Waals surface area contributed by atoms with Crippen molar-refractivity contribution in [2.24, 2.45) is 11.7 Å².